The molecule has 0 spiro atoms. The SMILES string of the molecule is CC(C)NCC(O)COc1cccc2c1C(=O)c1ccccc1-2. The lowest BCUT2D eigenvalue weighted by Crippen LogP contribution is -2.35. The van der Waals surface area contributed by atoms with Crippen LogP contribution < -0.4 is 10.1 Å². The summed E-state index contributed by atoms with van der Waals surface area (Å²) in [5, 5.41) is 13.1. The lowest BCUT2D eigenvalue weighted by atomic mass is 10.1. The van der Waals surface area contributed by atoms with E-state index in [1.54, 1.807) is 6.07 Å². The van der Waals surface area contributed by atoms with Gasteiger partial charge in [-0.3, -0.25) is 4.79 Å². The molecule has 0 bridgehead atoms. The number of hydrogen-bond donors (Lipinski definition) is 2. The number of hydrogen-bond acceptors (Lipinski definition) is 4. The third-order valence-corrected chi connectivity index (χ3v) is 3.91. The molecule has 0 aromatic heterocycles. The van der Waals surface area contributed by atoms with Gasteiger partial charge in [0.1, 0.15) is 18.5 Å². The number of carbonyl (C=O) groups is 1. The average molecular weight is 311 g/mol. The number of carbonyl (C=O) groups excluding carboxylic acids is 1. The Hall–Kier alpha value is -2.17. The maximum Gasteiger partial charge on any atom is 0.198 e. The van der Waals surface area contributed by atoms with Crippen molar-refractivity contribution in [2.24, 2.45) is 0 Å². The van der Waals surface area contributed by atoms with Gasteiger partial charge in [-0.15, -0.1) is 0 Å². The maximum absolute atomic E-state index is 12.6. The average Bonchev–Trinajstić information content (AvgIpc) is 2.85. The summed E-state index contributed by atoms with van der Waals surface area (Å²) in [6, 6.07) is 13.5. The molecular weight excluding hydrogens is 290 g/mol. The lowest BCUT2D eigenvalue weighted by molar-refractivity contribution is 0.0986. The molecule has 1 unspecified atom stereocenters. The van der Waals surface area contributed by atoms with Crippen LogP contribution in [0.15, 0.2) is 42.5 Å². The van der Waals surface area contributed by atoms with Crippen molar-refractivity contribution >= 4 is 5.78 Å². The standard InChI is InChI=1S/C19H21NO3/c1-12(2)20-10-13(21)11-23-17-9-5-8-15-14-6-3-4-7-16(14)19(22)18(15)17/h3-9,12-13,20-21H,10-11H2,1-2H3. The molecule has 3 rings (SSSR count). The van der Waals surface area contributed by atoms with E-state index in [9.17, 15) is 9.90 Å². The summed E-state index contributed by atoms with van der Waals surface area (Å²) in [6.07, 6.45) is -0.618. The minimum absolute atomic E-state index is 0.0130. The molecule has 0 fully saturated rings. The molecule has 23 heavy (non-hydrogen) atoms. The zero-order valence-corrected chi connectivity index (χ0v) is 13.4. The molecule has 0 saturated carbocycles. The molecule has 0 radical (unpaired) electrons. The van der Waals surface area contributed by atoms with Gasteiger partial charge in [0, 0.05) is 18.2 Å². The molecule has 2 N–H and O–H groups in total. The van der Waals surface area contributed by atoms with E-state index in [1.807, 2.05) is 50.2 Å². The molecule has 120 valence electrons. The van der Waals surface area contributed by atoms with Gasteiger partial charge in [0.25, 0.3) is 0 Å². The van der Waals surface area contributed by atoms with Crippen molar-refractivity contribution in [2.75, 3.05) is 13.2 Å². The number of fused-ring (bicyclic) bond motifs is 3. The van der Waals surface area contributed by atoms with Gasteiger partial charge in [0.2, 0.25) is 0 Å². The Bertz CT molecular complexity index is 724. The van der Waals surface area contributed by atoms with Crippen molar-refractivity contribution < 1.29 is 14.6 Å². The number of nitrogens with one attached hydrogen (secondary N) is 1. The molecule has 0 amide bonds. The van der Waals surface area contributed by atoms with Crippen molar-refractivity contribution in [3.8, 4) is 16.9 Å². The Morgan fingerprint density at radius 1 is 1.04 bits per heavy atom. The highest BCUT2D eigenvalue weighted by molar-refractivity contribution is 6.23. The van der Waals surface area contributed by atoms with Crippen molar-refractivity contribution in [3.63, 3.8) is 0 Å². The summed E-state index contributed by atoms with van der Waals surface area (Å²) in [4.78, 5) is 12.6. The Morgan fingerprint density at radius 3 is 2.48 bits per heavy atom. The first-order chi connectivity index (χ1) is 11.1. The Morgan fingerprint density at radius 2 is 1.74 bits per heavy atom. The van der Waals surface area contributed by atoms with E-state index >= 15 is 0 Å². The minimum Gasteiger partial charge on any atom is -0.490 e. The fourth-order valence-electron chi connectivity index (χ4n) is 2.78. The number of rotatable bonds is 6. The van der Waals surface area contributed by atoms with Gasteiger partial charge < -0.3 is 15.2 Å². The van der Waals surface area contributed by atoms with Gasteiger partial charge >= 0.3 is 0 Å². The summed E-state index contributed by atoms with van der Waals surface area (Å²) in [6.45, 7) is 4.65. The smallest absolute Gasteiger partial charge is 0.198 e. The van der Waals surface area contributed by atoms with Crippen LogP contribution in [0.4, 0.5) is 0 Å². The molecular formula is C19H21NO3. The predicted octanol–water partition coefficient (Wildman–Crippen LogP) is 2.64. The van der Waals surface area contributed by atoms with Crippen LogP contribution in [-0.4, -0.2) is 36.2 Å². The number of aliphatic hydroxyl groups excluding tert-OH is 1. The zero-order chi connectivity index (χ0) is 16.4. The first-order valence-electron chi connectivity index (χ1n) is 7.89. The summed E-state index contributed by atoms with van der Waals surface area (Å²) in [5.41, 5.74) is 3.15. The van der Waals surface area contributed by atoms with Crippen molar-refractivity contribution in [2.45, 2.75) is 26.0 Å². The second-order valence-electron chi connectivity index (χ2n) is 6.08. The Labute approximate surface area is 136 Å². The lowest BCUT2D eigenvalue weighted by Gasteiger charge is -2.16. The summed E-state index contributed by atoms with van der Waals surface area (Å²) in [7, 11) is 0. The summed E-state index contributed by atoms with van der Waals surface area (Å²) < 4.78 is 5.73. The molecule has 0 heterocycles. The molecule has 0 saturated heterocycles. The number of ether oxygens (including phenoxy) is 1. The third kappa shape index (κ3) is 3.14. The first kappa shape index (κ1) is 15.7. The normalized spacial score (nSPS) is 13.8. The molecule has 1 aliphatic carbocycles. The van der Waals surface area contributed by atoms with Crippen LogP contribution in [0.1, 0.15) is 29.8 Å². The van der Waals surface area contributed by atoms with Crippen molar-refractivity contribution in [1.82, 2.24) is 5.32 Å². The van der Waals surface area contributed by atoms with Crippen LogP contribution in [0.5, 0.6) is 5.75 Å². The summed E-state index contributed by atoms with van der Waals surface area (Å²) >= 11 is 0. The maximum atomic E-state index is 12.6. The highest BCUT2D eigenvalue weighted by Gasteiger charge is 2.29. The van der Waals surface area contributed by atoms with E-state index in [4.69, 9.17) is 4.74 Å². The van der Waals surface area contributed by atoms with Gasteiger partial charge in [-0.25, -0.2) is 0 Å². The number of aliphatic hydroxyl groups is 1. The number of benzene rings is 2. The van der Waals surface area contributed by atoms with Crippen molar-refractivity contribution in [3.05, 3.63) is 53.6 Å². The van der Waals surface area contributed by atoms with E-state index in [0.717, 1.165) is 11.1 Å². The van der Waals surface area contributed by atoms with Gasteiger partial charge in [-0.2, -0.15) is 0 Å². The predicted molar refractivity (Wildman–Crippen MR) is 90.0 cm³/mol. The van der Waals surface area contributed by atoms with E-state index in [-0.39, 0.29) is 12.4 Å². The van der Waals surface area contributed by atoms with Gasteiger partial charge in [0.15, 0.2) is 5.78 Å². The topological polar surface area (TPSA) is 58.6 Å². The first-order valence-corrected chi connectivity index (χ1v) is 7.89. The van der Waals surface area contributed by atoms with E-state index in [0.29, 0.717) is 29.5 Å². The Balaban J connectivity index is 1.78. The quantitative estimate of drug-likeness (QED) is 0.735. The monoisotopic (exact) mass is 311 g/mol. The van der Waals surface area contributed by atoms with Crippen LogP contribution in [-0.2, 0) is 0 Å². The molecule has 1 aliphatic rings. The van der Waals surface area contributed by atoms with Crippen LogP contribution >= 0.6 is 0 Å². The third-order valence-electron chi connectivity index (χ3n) is 3.91. The highest BCUT2D eigenvalue weighted by Crippen LogP contribution is 2.40. The molecule has 1 atom stereocenters. The molecule has 0 aliphatic heterocycles. The van der Waals surface area contributed by atoms with Gasteiger partial charge in [-0.1, -0.05) is 50.2 Å². The van der Waals surface area contributed by atoms with Crippen LogP contribution in [0, 0.1) is 0 Å². The zero-order valence-electron chi connectivity index (χ0n) is 13.4. The molecule has 4 nitrogen and oxygen atoms in total. The molecule has 2 aromatic carbocycles. The van der Waals surface area contributed by atoms with Gasteiger partial charge in [0.05, 0.1) is 5.56 Å². The minimum atomic E-state index is -0.618. The van der Waals surface area contributed by atoms with Crippen molar-refractivity contribution in [1.29, 1.82) is 0 Å². The van der Waals surface area contributed by atoms with Crippen LogP contribution in [0.25, 0.3) is 11.1 Å². The largest absolute Gasteiger partial charge is 0.490 e. The highest BCUT2D eigenvalue weighted by atomic mass is 16.5. The second-order valence-corrected chi connectivity index (χ2v) is 6.08. The van der Waals surface area contributed by atoms with Crippen LogP contribution in [0.3, 0.4) is 0 Å². The van der Waals surface area contributed by atoms with Gasteiger partial charge in [-0.05, 0) is 17.2 Å². The number of ketones is 1. The fourth-order valence-corrected chi connectivity index (χ4v) is 2.78. The molecule has 2 aromatic rings. The van der Waals surface area contributed by atoms with Crippen LogP contribution in [0.2, 0.25) is 0 Å². The Kier molecular flexibility index (Phi) is 4.46. The van der Waals surface area contributed by atoms with E-state index in [2.05, 4.69) is 5.32 Å². The fraction of sp³-hybridized carbons (Fsp3) is 0.316. The van der Waals surface area contributed by atoms with E-state index < -0.39 is 6.10 Å². The summed E-state index contributed by atoms with van der Waals surface area (Å²) in [5.74, 6) is 0.522. The molecule has 4 heteroatoms. The van der Waals surface area contributed by atoms with E-state index in [1.165, 1.54) is 0 Å². The second kappa shape index (κ2) is 6.52.